The van der Waals surface area contributed by atoms with Crippen molar-refractivity contribution < 1.29 is 0 Å². The Morgan fingerprint density at radius 2 is 2.21 bits per heavy atom. The van der Waals surface area contributed by atoms with Gasteiger partial charge < -0.3 is 0 Å². The molecule has 1 aromatic heterocycles. The first-order valence-electron chi connectivity index (χ1n) is 4.84. The Kier molecular flexibility index (Phi) is 1.48. The van der Waals surface area contributed by atoms with Crippen LogP contribution in [-0.2, 0) is 6.42 Å². The molecule has 0 saturated heterocycles. The van der Waals surface area contributed by atoms with Gasteiger partial charge >= 0.3 is 0 Å². The molecule has 14 heavy (non-hydrogen) atoms. The van der Waals surface area contributed by atoms with Gasteiger partial charge in [0, 0.05) is 5.92 Å². The van der Waals surface area contributed by atoms with E-state index in [1.54, 1.807) is 6.33 Å². The molecular formula is C11H11N3. The third kappa shape index (κ3) is 0.923. The van der Waals surface area contributed by atoms with Crippen molar-refractivity contribution in [2.24, 2.45) is 0 Å². The van der Waals surface area contributed by atoms with E-state index in [-0.39, 0.29) is 0 Å². The van der Waals surface area contributed by atoms with Crippen molar-refractivity contribution in [3.05, 3.63) is 42.0 Å². The first kappa shape index (κ1) is 7.74. The molecule has 0 amide bonds. The van der Waals surface area contributed by atoms with Crippen molar-refractivity contribution in [1.82, 2.24) is 14.8 Å². The summed E-state index contributed by atoms with van der Waals surface area (Å²) in [6, 6.07) is 8.43. The largest absolute Gasteiger partial charge is 0.285 e. The van der Waals surface area contributed by atoms with Crippen molar-refractivity contribution in [1.29, 1.82) is 0 Å². The molecule has 0 bridgehead atoms. The second-order valence-electron chi connectivity index (χ2n) is 3.79. The normalized spacial score (nSPS) is 18.8. The average molecular weight is 185 g/mol. The number of nitrogens with zero attached hydrogens (tertiary/aromatic N) is 3. The fourth-order valence-corrected chi connectivity index (χ4v) is 2.11. The van der Waals surface area contributed by atoms with Crippen LogP contribution in [0.2, 0.25) is 0 Å². The van der Waals surface area contributed by atoms with E-state index >= 15 is 0 Å². The molecule has 1 atom stereocenters. The molecule has 70 valence electrons. The van der Waals surface area contributed by atoms with Crippen LogP contribution in [-0.4, -0.2) is 14.8 Å². The van der Waals surface area contributed by atoms with Gasteiger partial charge in [-0.3, -0.25) is 4.57 Å². The maximum absolute atomic E-state index is 4.15. The Labute approximate surface area is 82.4 Å². The van der Waals surface area contributed by atoms with E-state index in [2.05, 4.69) is 46.0 Å². The lowest BCUT2D eigenvalue weighted by Gasteiger charge is -2.21. The molecule has 0 saturated carbocycles. The van der Waals surface area contributed by atoms with Gasteiger partial charge in [-0.1, -0.05) is 25.1 Å². The zero-order chi connectivity index (χ0) is 9.54. The molecule has 2 aromatic rings. The molecule has 3 heteroatoms. The minimum Gasteiger partial charge on any atom is -0.285 e. The van der Waals surface area contributed by atoms with E-state index in [1.165, 1.54) is 11.3 Å². The lowest BCUT2D eigenvalue weighted by Crippen LogP contribution is -2.15. The smallest absolute Gasteiger partial charge is 0.140 e. The minimum absolute atomic E-state index is 0.465. The van der Waals surface area contributed by atoms with Gasteiger partial charge in [0.15, 0.2) is 0 Å². The molecule has 0 N–H and O–H groups in total. The summed E-state index contributed by atoms with van der Waals surface area (Å²) >= 11 is 0. The summed E-state index contributed by atoms with van der Waals surface area (Å²) in [5.41, 5.74) is 2.61. The zero-order valence-electron chi connectivity index (χ0n) is 8.01. The van der Waals surface area contributed by atoms with E-state index in [9.17, 15) is 0 Å². The Hall–Kier alpha value is -1.64. The van der Waals surface area contributed by atoms with Crippen LogP contribution in [0.25, 0.3) is 5.69 Å². The van der Waals surface area contributed by atoms with Gasteiger partial charge in [-0.25, -0.2) is 0 Å². The van der Waals surface area contributed by atoms with Gasteiger partial charge in [-0.05, 0) is 18.1 Å². The average Bonchev–Trinajstić information content (AvgIpc) is 2.67. The predicted octanol–water partition coefficient (Wildman–Crippen LogP) is 1.93. The molecule has 2 heterocycles. The van der Waals surface area contributed by atoms with Crippen molar-refractivity contribution >= 4 is 0 Å². The summed E-state index contributed by atoms with van der Waals surface area (Å²) in [6.07, 6.45) is 2.86. The SMILES string of the molecule is CC1Cc2ccccc2-n2cnnc21. The lowest BCUT2D eigenvalue weighted by molar-refractivity contribution is 0.647. The number of aromatic nitrogens is 3. The number of para-hydroxylation sites is 1. The number of hydrogen-bond acceptors (Lipinski definition) is 2. The monoisotopic (exact) mass is 185 g/mol. The van der Waals surface area contributed by atoms with Crippen molar-refractivity contribution in [3.8, 4) is 5.69 Å². The van der Waals surface area contributed by atoms with Crippen molar-refractivity contribution in [2.45, 2.75) is 19.3 Å². The van der Waals surface area contributed by atoms with E-state index in [0.29, 0.717) is 5.92 Å². The fraction of sp³-hybridized carbons (Fsp3) is 0.273. The highest BCUT2D eigenvalue weighted by atomic mass is 15.3. The third-order valence-corrected chi connectivity index (χ3v) is 2.79. The number of rotatable bonds is 0. The van der Waals surface area contributed by atoms with Gasteiger partial charge in [-0.2, -0.15) is 0 Å². The standard InChI is InChI=1S/C11H11N3/c1-8-6-9-4-2-3-5-10(9)14-7-12-13-11(8)14/h2-5,7-8H,6H2,1H3. The highest BCUT2D eigenvalue weighted by molar-refractivity contribution is 5.45. The van der Waals surface area contributed by atoms with Gasteiger partial charge in [0.25, 0.3) is 0 Å². The number of benzene rings is 1. The molecule has 0 aliphatic carbocycles. The molecule has 1 aliphatic heterocycles. The van der Waals surface area contributed by atoms with E-state index in [4.69, 9.17) is 0 Å². The summed E-state index contributed by atoms with van der Waals surface area (Å²) in [6.45, 7) is 2.19. The Bertz CT molecular complexity index is 473. The summed E-state index contributed by atoms with van der Waals surface area (Å²) in [7, 11) is 0. The fourth-order valence-electron chi connectivity index (χ4n) is 2.11. The van der Waals surface area contributed by atoms with Gasteiger partial charge in [-0.15, -0.1) is 10.2 Å². The molecule has 0 radical (unpaired) electrons. The molecule has 0 fully saturated rings. The van der Waals surface area contributed by atoms with Gasteiger partial charge in [0.1, 0.15) is 12.2 Å². The van der Waals surface area contributed by atoms with Crippen molar-refractivity contribution in [2.75, 3.05) is 0 Å². The van der Waals surface area contributed by atoms with Crippen LogP contribution in [0, 0.1) is 0 Å². The Balaban J connectivity index is 2.29. The Morgan fingerprint density at radius 3 is 3.14 bits per heavy atom. The van der Waals surface area contributed by atoms with Crippen LogP contribution >= 0.6 is 0 Å². The molecule has 1 aromatic carbocycles. The highest BCUT2D eigenvalue weighted by Crippen LogP contribution is 2.29. The molecule has 3 rings (SSSR count). The second kappa shape index (κ2) is 2.67. The second-order valence-corrected chi connectivity index (χ2v) is 3.79. The number of hydrogen-bond donors (Lipinski definition) is 0. The van der Waals surface area contributed by atoms with Gasteiger partial charge in [0.2, 0.25) is 0 Å². The molecular weight excluding hydrogens is 174 g/mol. The summed E-state index contributed by atoms with van der Waals surface area (Å²) in [5, 5.41) is 8.12. The maximum Gasteiger partial charge on any atom is 0.140 e. The molecule has 1 aliphatic rings. The van der Waals surface area contributed by atoms with Crippen LogP contribution in [0.3, 0.4) is 0 Å². The topological polar surface area (TPSA) is 30.7 Å². The van der Waals surface area contributed by atoms with Crippen LogP contribution < -0.4 is 0 Å². The third-order valence-electron chi connectivity index (χ3n) is 2.79. The van der Waals surface area contributed by atoms with E-state index in [0.717, 1.165) is 12.2 Å². The van der Waals surface area contributed by atoms with Gasteiger partial charge in [0.05, 0.1) is 5.69 Å². The van der Waals surface area contributed by atoms with E-state index in [1.807, 2.05) is 0 Å². The minimum atomic E-state index is 0.465. The maximum atomic E-state index is 4.15. The molecule has 1 unspecified atom stereocenters. The van der Waals surface area contributed by atoms with Crippen molar-refractivity contribution in [3.63, 3.8) is 0 Å². The van der Waals surface area contributed by atoms with Crippen LogP contribution in [0.5, 0.6) is 0 Å². The lowest BCUT2D eigenvalue weighted by atomic mass is 9.95. The summed E-state index contributed by atoms with van der Waals surface area (Å²) < 4.78 is 2.09. The predicted molar refractivity (Wildman–Crippen MR) is 53.5 cm³/mol. The Morgan fingerprint density at radius 1 is 1.36 bits per heavy atom. The van der Waals surface area contributed by atoms with Crippen LogP contribution in [0.1, 0.15) is 24.2 Å². The van der Waals surface area contributed by atoms with E-state index < -0.39 is 0 Å². The number of fused-ring (bicyclic) bond motifs is 3. The quantitative estimate of drug-likeness (QED) is 0.627. The highest BCUT2D eigenvalue weighted by Gasteiger charge is 2.22. The zero-order valence-corrected chi connectivity index (χ0v) is 8.01. The molecule has 3 nitrogen and oxygen atoms in total. The summed E-state index contributed by atoms with van der Waals surface area (Å²) in [4.78, 5) is 0. The molecule has 0 spiro atoms. The first-order chi connectivity index (χ1) is 6.86. The van der Waals surface area contributed by atoms with Crippen LogP contribution in [0.4, 0.5) is 0 Å². The van der Waals surface area contributed by atoms with Crippen LogP contribution in [0.15, 0.2) is 30.6 Å². The first-order valence-corrected chi connectivity index (χ1v) is 4.84. The summed E-state index contributed by atoms with van der Waals surface area (Å²) in [5.74, 6) is 1.54.